The van der Waals surface area contributed by atoms with Crippen molar-refractivity contribution in [2.45, 2.75) is 140 Å². The number of carbonyl (C=O) groups excluding carboxylic acids is 10. The fourth-order valence-corrected chi connectivity index (χ4v) is 9.32. The van der Waals surface area contributed by atoms with Gasteiger partial charge in [0.25, 0.3) is 0 Å². The average Bonchev–Trinajstić information content (AvgIpc) is 3.96. The third-order valence-corrected chi connectivity index (χ3v) is 14.7. The van der Waals surface area contributed by atoms with Crippen LogP contribution in [0.15, 0.2) is 59.6 Å². The summed E-state index contributed by atoms with van der Waals surface area (Å²) < 4.78 is 5.27. The Morgan fingerprint density at radius 2 is 1.24 bits per heavy atom. The van der Waals surface area contributed by atoms with E-state index in [2.05, 4.69) is 67.5 Å². The summed E-state index contributed by atoms with van der Waals surface area (Å²) in [6, 6.07) is 4.85. The van der Waals surface area contributed by atoms with E-state index in [-0.39, 0.29) is 56.2 Å². The van der Waals surface area contributed by atoms with Gasteiger partial charge in [0.15, 0.2) is 5.96 Å². The molecule has 11 atom stereocenters. The summed E-state index contributed by atoms with van der Waals surface area (Å²) in [7, 11) is 3.27. The first-order valence-corrected chi connectivity index (χ1v) is 27.9. The normalized spacial score (nSPS) is 16.7. The maximum Gasteiger partial charge on any atom is 0.246 e. The van der Waals surface area contributed by atoms with Crippen LogP contribution in [0, 0.1) is 11.8 Å². The molecule has 0 bridgehead atoms. The van der Waals surface area contributed by atoms with Crippen molar-refractivity contribution in [2.24, 2.45) is 39.8 Å². The lowest BCUT2D eigenvalue weighted by atomic mass is 9.95. The molecule has 1 aliphatic heterocycles. The summed E-state index contributed by atoms with van der Waals surface area (Å²) in [6.07, 6.45) is 0.859. The predicted octanol–water partition coefficient (Wildman–Crippen LogP) is -1.49. The molecule has 1 heterocycles. The Kier molecular flexibility index (Phi) is 27.9. The first-order valence-electron chi connectivity index (χ1n) is 26.6. The van der Waals surface area contributed by atoms with Crippen LogP contribution in [-0.2, 0) is 54.4 Å². The lowest BCUT2D eigenvalue weighted by Gasteiger charge is -2.32. The molecule has 1 saturated heterocycles. The number of anilines is 1. The van der Waals surface area contributed by atoms with E-state index < -0.39 is 132 Å². The first-order chi connectivity index (χ1) is 37.9. The molecule has 2 aromatic carbocycles. The Labute approximate surface area is 478 Å². The van der Waals surface area contributed by atoms with Gasteiger partial charge in [0.05, 0.1) is 13.5 Å². The summed E-state index contributed by atoms with van der Waals surface area (Å²) >= 11 is 8.78. The lowest BCUT2D eigenvalue weighted by molar-refractivity contribution is -0.142. The Morgan fingerprint density at radius 1 is 0.688 bits per heavy atom. The Bertz CT molecular complexity index is 2470. The minimum Gasteiger partial charge on any atom is -0.497 e. The van der Waals surface area contributed by atoms with Gasteiger partial charge in [-0.15, -0.1) is 0 Å². The Hall–Kier alpha value is -7.29. The van der Waals surface area contributed by atoms with E-state index in [9.17, 15) is 47.9 Å². The number of thiol groups is 2. The third-order valence-electron chi connectivity index (χ3n) is 14.0. The van der Waals surface area contributed by atoms with E-state index in [0.717, 1.165) is 0 Å². The Morgan fingerprint density at radius 3 is 1.76 bits per heavy atom. The summed E-state index contributed by atoms with van der Waals surface area (Å²) in [5.41, 5.74) is 23.1. The number of aliphatic imine (C=N–C) groups is 1. The number of carbonyl (C=O) groups is 10. The zero-order valence-electron chi connectivity index (χ0n) is 46.6. The topological polar surface area (TPSA) is 387 Å². The van der Waals surface area contributed by atoms with E-state index in [0.29, 0.717) is 36.3 Å². The van der Waals surface area contributed by atoms with E-state index in [4.69, 9.17) is 27.7 Å². The highest BCUT2D eigenvalue weighted by atomic mass is 32.1. The zero-order chi connectivity index (χ0) is 59.8. The van der Waals surface area contributed by atoms with Crippen LogP contribution in [0.25, 0.3) is 0 Å². The largest absolute Gasteiger partial charge is 0.497 e. The van der Waals surface area contributed by atoms with Gasteiger partial charge in [0.1, 0.15) is 60.1 Å². The van der Waals surface area contributed by atoms with Crippen LogP contribution in [0.4, 0.5) is 5.69 Å². The second-order valence-electron chi connectivity index (χ2n) is 19.8. The molecule has 0 unspecified atom stereocenters. The quantitative estimate of drug-likeness (QED) is 0.0168. The molecule has 15 N–H and O–H groups in total. The number of likely N-dealkylation sites (tertiary alicyclic amines) is 1. The van der Waals surface area contributed by atoms with E-state index in [1.165, 1.54) is 11.8 Å². The Balaban J connectivity index is 1.86. The van der Waals surface area contributed by atoms with Crippen molar-refractivity contribution >= 4 is 96.0 Å². The molecule has 25 nitrogen and oxygen atoms in total. The monoisotopic (exact) mass is 1150 g/mol. The highest BCUT2D eigenvalue weighted by molar-refractivity contribution is 7.80. The molecule has 80 heavy (non-hydrogen) atoms. The fraction of sp³-hybridized carbons (Fsp3) is 0.566. The number of ether oxygens (including phenoxy) is 1. The van der Waals surface area contributed by atoms with Gasteiger partial charge in [-0.2, -0.15) is 25.3 Å². The number of benzene rings is 2. The number of nitrogens with zero attached hydrogens (tertiary/aromatic N) is 3. The standard InChI is InChI=1S/C53H82N14O11S2/c1-8-29(3)42(64-47(72)36(25-32-15-11-10-12-16-32)61-51(76)43(30(4)9-2)65-49(74)40(28-80)66(6)33-19-21-34(78-7)22-20-33)50(75)62-37(26-41(54)68)46(71)63-38(27-79)52(77)67-24-14-18-39(67)48(73)60-35(17-13-23-58-53(56)57)45(70)59-31(5)44(55)69/h10-12,15-16,19-22,29-31,35-40,42-43,79-80H,8-9,13-14,17-18,23-28H2,1-7H3,(H2,54,68)(H2,55,69)(H,59,70)(H,60,73)(H,61,76)(H,62,75)(H,63,71)(H,64,72)(H,65,74)(H4,56,57,58)/t29-,30-,31-,35-,36-,37-,38-,39-,40-,42-,43+/m0/s1. The molecular formula is C53H82N14O11S2. The number of rotatable bonds is 33. The first kappa shape index (κ1) is 67.0. The number of hydrogen-bond acceptors (Lipinski definition) is 15. The van der Waals surface area contributed by atoms with Crippen LogP contribution in [0.5, 0.6) is 5.75 Å². The SMILES string of the molecule is CC[C@H](C)[C@H](NC(=O)[C@H](Cc1ccccc1)NC(=O)[C@H](NC(=O)[C@H](CS)N(C)c1ccc(OC)cc1)[C@@H](C)CC)C(=O)N[C@@H](CC(N)=O)C(=O)N[C@@H](CS)C(=O)N1CCC[C@H]1C(=O)N[C@@H](CCCN=C(N)N)C(=O)N[C@@H](C)C(N)=O. The molecule has 0 spiro atoms. The summed E-state index contributed by atoms with van der Waals surface area (Å²) in [4.78, 5) is 144. The van der Waals surface area contributed by atoms with Gasteiger partial charge in [0, 0.05) is 43.8 Å². The van der Waals surface area contributed by atoms with E-state index in [1.54, 1.807) is 94.4 Å². The number of guanidine groups is 1. The number of nitrogens with one attached hydrogen (secondary N) is 7. The van der Waals surface area contributed by atoms with Gasteiger partial charge in [0.2, 0.25) is 59.1 Å². The second-order valence-corrected chi connectivity index (χ2v) is 20.5. The highest BCUT2D eigenvalue weighted by Crippen LogP contribution is 2.23. The third kappa shape index (κ3) is 20.4. The molecule has 442 valence electrons. The van der Waals surface area contributed by atoms with Crippen molar-refractivity contribution in [1.82, 2.24) is 42.1 Å². The number of amides is 10. The molecule has 0 saturated carbocycles. The average molecular weight is 1160 g/mol. The van der Waals surface area contributed by atoms with Gasteiger partial charge >= 0.3 is 0 Å². The van der Waals surface area contributed by atoms with Crippen molar-refractivity contribution in [3.05, 3.63) is 60.2 Å². The minimum atomic E-state index is -1.68. The number of nitrogens with two attached hydrogens (primary N) is 4. The van der Waals surface area contributed by atoms with Crippen molar-refractivity contribution < 1.29 is 52.7 Å². The molecule has 3 rings (SSSR count). The summed E-state index contributed by atoms with van der Waals surface area (Å²) in [6.45, 7) is 8.65. The maximum absolute atomic E-state index is 14.5. The van der Waals surface area contributed by atoms with Gasteiger partial charge in [-0.1, -0.05) is 70.9 Å². The molecule has 0 aromatic heterocycles. The predicted molar refractivity (Wildman–Crippen MR) is 309 cm³/mol. The second kappa shape index (κ2) is 33.3. The van der Waals surface area contributed by atoms with Crippen molar-refractivity contribution in [3.63, 3.8) is 0 Å². The highest BCUT2D eigenvalue weighted by Gasteiger charge is 2.41. The van der Waals surface area contributed by atoms with Gasteiger partial charge in [-0.05, 0) is 74.3 Å². The molecule has 0 radical (unpaired) electrons. The van der Waals surface area contributed by atoms with E-state index >= 15 is 0 Å². The van der Waals surface area contributed by atoms with Crippen LogP contribution in [-0.4, -0.2) is 163 Å². The number of primary amides is 2. The fourth-order valence-electron chi connectivity index (χ4n) is 8.66. The zero-order valence-corrected chi connectivity index (χ0v) is 48.4. The van der Waals surface area contributed by atoms with Gasteiger partial charge < -0.3 is 74.7 Å². The number of hydrogen-bond donors (Lipinski definition) is 13. The van der Waals surface area contributed by atoms with Gasteiger partial charge in [-0.3, -0.25) is 52.9 Å². The van der Waals surface area contributed by atoms with E-state index in [1.807, 2.05) is 6.92 Å². The maximum atomic E-state index is 14.5. The van der Waals surface area contributed by atoms with Gasteiger partial charge in [-0.25, -0.2) is 0 Å². The molecule has 27 heteroatoms. The van der Waals surface area contributed by atoms with Crippen LogP contribution in [0.2, 0.25) is 0 Å². The smallest absolute Gasteiger partial charge is 0.246 e. The summed E-state index contributed by atoms with van der Waals surface area (Å²) in [5.74, 6) is -8.57. The van der Waals surface area contributed by atoms with Crippen molar-refractivity contribution in [3.8, 4) is 5.75 Å². The molecule has 0 aliphatic carbocycles. The molecule has 2 aromatic rings. The van der Waals surface area contributed by atoms with Crippen LogP contribution >= 0.6 is 25.3 Å². The van der Waals surface area contributed by atoms with Crippen LogP contribution in [0.1, 0.15) is 85.1 Å². The van der Waals surface area contributed by atoms with Crippen LogP contribution < -0.4 is 69.8 Å². The molecule has 10 amide bonds. The molecule has 1 fully saturated rings. The number of methoxy groups -OCH3 is 1. The molecular weight excluding hydrogens is 1070 g/mol. The summed E-state index contributed by atoms with van der Waals surface area (Å²) in [5, 5.41) is 18.6. The van der Waals surface area contributed by atoms with Crippen LogP contribution in [0.3, 0.4) is 0 Å². The van der Waals surface area contributed by atoms with Crippen molar-refractivity contribution in [1.29, 1.82) is 0 Å². The lowest BCUT2D eigenvalue weighted by Crippen LogP contribution is -2.62. The van der Waals surface area contributed by atoms with Crippen molar-refractivity contribution in [2.75, 3.05) is 43.7 Å². The molecule has 1 aliphatic rings. The number of likely N-dealkylation sites (N-methyl/N-ethyl adjacent to an activating group) is 1. The minimum absolute atomic E-state index is 0.0356.